The fourth-order valence-corrected chi connectivity index (χ4v) is 2.27. The number of aromatic nitrogens is 2. The summed E-state index contributed by atoms with van der Waals surface area (Å²) in [6.07, 6.45) is 1.67. The maximum atomic E-state index is 9.90. The van der Waals surface area contributed by atoms with Crippen molar-refractivity contribution in [1.29, 1.82) is 0 Å². The van der Waals surface area contributed by atoms with E-state index < -0.39 is 0 Å². The van der Waals surface area contributed by atoms with E-state index in [0.29, 0.717) is 32.8 Å². The highest BCUT2D eigenvalue weighted by Crippen LogP contribution is 2.35. The molecule has 0 radical (unpaired) electrons. The summed E-state index contributed by atoms with van der Waals surface area (Å²) < 4.78 is 1.66. The quantitative estimate of drug-likeness (QED) is 0.720. The molecular weight excluding hydrogens is 285 g/mol. The molecule has 0 fully saturated rings. The molecule has 0 unspecified atom stereocenters. The molecule has 3 N–H and O–H groups in total. The Bertz CT molecular complexity index is 783. The van der Waals surface area contributed by atoms with Gasteiger partial charge in [0.05, 0.1) is 5.02 Å². The standard InChI is InChI=1S/C13H9Cl2N3O/c14-7-1-3-10(19)9(5-7)12-13(16)18-6-8(15)2-4-11(18)17-12/h1-6,19H,16H2. The highest BCUT2D eigenvalue weighted by atomic mass is 35.5. The van der Waals surface area contributed by atoms with Crippen molar-refractivity contribution in [2.24, 2.45) is 0 Å². The van der Waals surface area contributed by atoms with E-state index in [1.807, 2.05) is 0 Å². The molecule has 0 bridgehead atoms. The van der Waals surface area contributed by atoms with Crippen molar-refractivity contribution in [3.05, 3.63) is 46.6 Å². The topological polar surface area (TPSA) is 63.5 Å². The van der Waals surface area contributed by atoms with Gasteiger partial charge in [0.2, 0.25) is 0 Å². The number of imidazole rings is 1. The SMILES string of the molecule is Nc1c(-c2cc(Cl)ccc2O)nc2ccc(Cl)cn12. The molecule has 6 heteroatoms. The summed E-state index contributed by atoms with van der Waals surface area (Å²) in [6.45, 7) is 0. The first-order valence-electron chi connectivity index (χ1n) is 5.48. The van der Waals surface area contributed by atoms with Crippen molar-refractivity contribution in [1.82, 2.24) is 9.38 Å². The number of phenolic OH excluding ortho intramolecular Hbond substituents is 1. The Kier molecular flexibility index (Phi) is 2.77. The third-order valence-corrected chi connectivity index (χ3v) is 3.29. The highest BCUT2D eigenvalue weighted by Gasteiger charge is 2.15. The molecule has 0 aliphatic carbocycles. The first-order chi connectivity index (χ1) is 9.06. The number of hydrogen-bond donors (Lipinski definition) is 2. The van der Waals surface area contributed by atoms with Crippen molar-refractivity contribution < 1.29 is 5.11 Å². The number of phenols is 1. The molecule has 0 aliphatic rings. The number of halogens is 2. The first kappa shape index (κ1) is 12.1. The fraction of sp³-hybridized carbons (Fsp3) is 0. The molecule has 96 valence electrons. The lowest BCUT2D eigenvalue weighted by Gasteiger charge is -2.03. The van der Waals surface area contributed by atoms with Gasteiger partial charge in [0, 0.05) is 16.8 Å². The Morgan fingerprint density at radius 2 is 1.84 bits per heavy atom. The number of pyridine rings is 1. The van der Waals surface area contributed by atoms with Gasteiger partial charge in [-0.1, -0.05) is 23.2 Å². The van der Waals surface area contributed by atoms with Crippen molar-refractivity contribution in [2.45, 2.75) is 0 Å². The monoisotopic (exact) mass is 293 g/mol. The van der Waals surface area contributed by atoms with E-state index in [-0.39, 0.29) is 5.75 Å². The van der Waals surface area contributed by atoms with Crippen LogP contribution in [0.4, 0.5) is 5.82 Å². The second-order valence-corrected chi connectivity index (χ2v) is 4.96. The molecule has 3 rings (SSSR count). The minimum absolute atomic E-state index is 0.0746. The Hall–Kier alpha value is -1.91. The van der Waals surface area contributed by atoms with E-state index in [1.54, 1.807) is 34.9 Å². The number of nitrogens with zero attached hydrogens (tertiary/aromatic N) is 2. The van der Waals surface area contributed by atoms with E-state index >= 15 is 0 Å². The predicted molar refractivity (Wildman–Crippen MR) is 76.7 cm³/mol. The molecule has 3 aromatic rings. The molecule has 2 heterocycles. The Morgan fingerprint density at radius 1 is 1.11 bits per heavy atom. The van der Waals surface area contributed by atoms with Gasteiger partial charge in [0.1, 0.15) is 22.9 Å². The highest BCUT2D eigenvalue weighted by molar-refractivity contribution is 6.31. The van der Waals surface area contributed by atoms with Crippen LogP contribution in [0, 0.1) is 0 Å². The van der Waals surface area contributed by atoms with Crippen LogP contribution >= 0.6 is 23.2 Å². The predicted octanol–water partition coefficient (Wildman–Crippen LogP) is 3.60. The molecule has 0 saturated heterocycles. The third-order valence-electron chi connectivity index (χ3n) is 2.83. The molecule has 4 nitrogen and oxygen atoms in total. The Labute approximate surface area is 119 Å². The van der Waals surface area contributed by atoms with Gasteiger partial charge in [-0.3, -0.25) is 4.40 Å². The van der Waals surface area contributed by atoms with Crippen molar-refractivity contribution in [3.8, 4) is 17.0 Å². The normalized spacial score (nSPS) is 11.1. The van der Waals surface area contributed by atoms with Crippen LogP contribution in [0.1, 0.15) is 0 Å². The van der Waals surface area contributed by atoms with E-state index in [4.69, 9.17) is 28.9 Å². The molecule has 0 spiro atoms. The van der Waals surface area contributed by atoms with Gasteiger partial charge >= 0.3 is 0 Å². The van der Waals surface area contributed by atoms with Gasteiger partial charge in [0.15, 0.2) is 0 Å². The van der Waals surface area contributed by atoms with Crippen LogP contribution in [-0.2, 0) is 0 Å². The van der Waals surface area contributed by atoms with Crippen LogP contribution < -0.4 is 5.73 Å². The van der Waals surface area contributed by atoms with Crippen molar-refractivity contribution in [3.63, 3.8) is 0 Å². The largest absolute Gasteiger partial charge is 0.507 e. The summed E-state index contributed by atoms with van der Waals surface area (Å²) in [5.41, 5.74) is 7.66. The zero-order valence-electron chi connectivity index (χ0n) is 9.64. The molecule has 0 saturated carbocycles. The lowest BCUT2D eigenvalue weighted by molar-refractivity contribution is 0.477. The van der Waals surface area contributed by atoms with Crippen LogP contribution in [-0.4, -0.2) is 14.5 Å². The van der Waals surface area contributed by atoms with Gasteiger partial charge in [-0.15, -0.1) is 0 Å². The summed E-state index contributed by atoms with van der Waals surface area (Å²) in [6, 6.07) is 8.21. The summed E-state index contributed by atoms with van der Waals surface area (Å²) in [5, 5.41) is 11.0. The van der Waals surface area contributed by atoms with Gasteiger partial charge in [-0.25, -0.2) is 4.98 Å². The Morgan fingerprint density at radius 3 is 2.63 bits per heavy atom. The van der Waals surface area contributed by atoms with E-state index in [9.17, 15) is 5.11 Å². The zero-order valence-corrected chi connectivity index (χ0v) is 11.2. The number of hydrogen-bond acceptors (Lipinski definition) is 3. The van der Waals surface area contributed by atoms with Gasteiger partial charge in [-0.05, 0) is 30.3 Å². The van der Waals surface area contributed by atoms with Gasteiger partial charge in [-0.2, -0.15) is 0 Å². The van der Waals surface area contributed by atoms with Crippen molar-refractivity contribution >= 4 is 34.7 Å². The molecule has 0 aliphatic heterocycles. The van der Waals surface area contributed by atoms with E-state index in [0.717, 1.165) is 0 Å². The second kappa shape index (κ2) is 4.33. The number of aromatic hydroxyl groups is 1. The smallest absolute Gasteiger partial charge is 0.139 e. The van der Waals surface area contributed by atoms with Crippen molar-refractivity contribution in [2.75, 3.05) is 5.73 Å². The Balaban J connectivity index is 2.31. The molecule has 19 heavy (non-hydrogen) atoms. The summed E-state index contributed by atoms with van der Waals surface area (Å²) in [5.74, 6) is 0.473. The minimum atomic E-state index is 0.0746. The molecule has 0 amide bonds. The maximum Gasteiger partial charge on any atom is 0.139 e. The van der Waals surface area contributed by atoms with Gasteiger partial charge < -0.3 is 10.8 Å². The molecular formula is C13H9Cl2N3O. The lowest BCUT2D eigenvalue weighted by atomic mass is 10.1. The minimum Gasteiger partial charge on any atom is -0.507 e. The van der Waals surface area contributed by atoms with Crippen LogP contribution in [0.25, 0.3) is 16.9 Å². The van der Waals surface area contributed by atoms with Crippen LogP contribution in [0.15, 0.2) is 36.5 Å². The summed E-state index contributed by atoms with van der Waals surface area (Å²) in [7, 11) is 0. The third kappa shape index (κ3) is 1.99. The molecule has 1 aromatic carbocycles. The number of nitrogen functional groups attached to an aromatic ring is 1. The maximum absolute atomic E-state index is 9.90. The second-order valence-electron chi connectivity index (χ2n) is 4.08. The number of anilines is 1. The summed E-state index contributed by atoms with van der Waals surface area (Å²) >= 11 is 11.9. The number of benzene rings is 1. The molecule has 0 atom stereocenters. The van der Waals surface area contributed by atoms with Gasteiger partial charge in [0.25, 0.3) is 0 Å². The number of fused-ring (bicyclic) bond motifs is 1. The fourth-order valence-electron chi connectivity index (χ4n) is 1.93. The first-order valence-corrected chi connectivity index (χ1v) is 6.24. The lowest BCUT2D eigenvalue weighted by Crippen LogP contribution is -1.94. The average Bonchev–Trinajstić information content (AvgIpc) is 2.70. The van der Waals surface area contributed by atoms with E-state index in [1.165, 1.54) is 6.07 Å². The summed E-state index contributed by atoms with van der Waals surface area (Å²) in [4.78, 5) is 4.39. The number of nitrogens with two attached hydrogens (primary N) is 1. The number of rotatable bonds is 1. The average molecular weight is 294 g/mol. The zero-order chi connectivity index (χ0) is 13.6. The molecule has 2 aromatic heterocycles. The van der Waals surface area contributed by atoms with Crippen LogP contribution in [0.3, 0.4) is 0 Å². The van der Waals surface area contributed by atoms with Crippen LogP contribution in [0.5, 0.6) is 5.75 Å². The van der Waals surface area contributed by atoms with Crippen LogP contribution in [0.2, 0.25) is 10.0 Å². The van der Waals surface area contributed by atoms with E-state index in [2.05, 4.69) is 4.98 Å².